The van der Waals surface area contributed by atoms with Crippen LogP contribution >= 0.6 is 0 Å². The lowest BCUT2D eigenvalue weighted by molar-refractivity contribution is 1.18. The number of hydrogen-bond donors (Lipinski definition) is 0. The van der Waals surface area contributed by atoms with Gasteiger partial charge < -0.3 is 9.13 Å². The average Bonchev–Trinajstić information content (AvgIpc) is 3.72. The molecule has 0 aliphatic rings. The highest BCUT2D eigenvalue weighted by Crippen LogP contribution is 2.44. The summed E-state index contributed by atoms with van der Waals surface area (Å²) < 4.78 is 4.92. The molecule has 2 heterocycles. The molecule has 0 saturated heterocycles. The lowest BCUT2D eigenvalue weighted by atomic mass is 9.97. The van der Waals surface area contributed by atoms with Gasteiger partial charge in [-0.15, -0.1) is 0 Å². The Morgan fingerprint density at radius 2 is 0.860 bits per heavy atom. The highest BCUT2D eigenvalue weighted by molar-refractivity contribution is 6.20. The van der Waals surface area contributed by atoms with Crippen LogP contribution in [0.4, 0.5) is 0 Å². The Morgan fingerprint density at radius 1 is 0.300 bits per heavy atom. The second-order valence-electron chi connectivity index (χ2n) is 12.9. The molecule has 0 fully saturated rings. The Morgan fingerprint density at radius 3 is 1.62 bits per heavy atom. The number of hydrogen-bond acceptors (Lipinski definition) is 0. The van der Waals surface area contributed by atoms with Crippen LogP contribution < -0.4 is 0 Å². The Hall–Kier alpha value is -6.64. The standard InChI is InChI=1S/C48H32N2/c1-4-16-33(17-5-1)35-30-31-37(34-18-6-2-7-19-34)46(32-35)50-44-28-13-11-23-42(44)47-39(24-15-29-45(47)50)41-26-14-25-40-38-22-10-12-27-43(38)49(48(40)41)36-20-8-3-9-21-36/h1-32H. The molecule has 0 N–H and O–H groups in total. The normalized spacial score (nSPS) is 11.6. The van der Waals surface area contributed by atoms with E-state index in [1.807, 2.05) is 0 Å². The summed E-state index contributed by atoms with van der Waals surface area (Å²) in [4.78, 5) is 0. The molecule has 8 aromatic carbocycles. The zero-order valence-electron chi connectivity index (χ0n) is 27.4. The third-order valence-electron chi connectivity index (χ3n) is 10.1. The fourth-order valence-corrected chi connectivity index (χ4v) is 7.97. The summed E-state index contributed by atoms with van der Waals surface area (Å²) in [7, 11) is 0. The molecule has 0 aliphatic heterocycles. The maximum Gasteiger partial charge on any atom is 0.0619 e. The van der Waals surface area contributed by atoms with Crippen molar-refractivity contribution in [2.75, 3.05) is 0 Å². The van der Waals surface area contributed by atoms with Crippen molar-refractivity contribution >= 4 is 43.6 Å². The molecule has 0 atom stereocenters. The van der Waals surface area contributed by atoms with Gasteiger partial charge in [0.1, 0.15) is 0 Å². The maximum atomic E-state index is 2.48. The van der Waals surface area contributed by atoms with Crippen molar-refractivity contribution in [1.82, 2.24) is 9.13 Å². The molecular weight excluding hydrogens is 605 g/mol. The van der Waals surface area contributed by atoms with E-state index in [1.165, 1.54) is 77.0 Å². The molecule has 2 heteroatoms. The van der Waals surface area contributed by atoms with E-state index in [4.69, 9.17) is 0 Å². The van der Waals surface area contributed by atoms with E-state index in [2.05, 4.69) is 203 Å². The molecule has 0 spiro atoms. The average molecular weight is 637 g/mol. The molecule has 10 aromatic rings. The van der Waals surface area contributed by atoms with Crippen LogP contribution in [0.2, 0.25) is 0 Å². The van der Waals surface area contributed by atoms with Gasteiger partial charge in [-0.1, -0.05) is 158 Å². The molecule has 0 saturated carbocycles. The number of para-hydroxylation sites is 4. The van der Waals surface area contributed by atoms with Crippen LogP contribution in [0.25, 0.3) is 88.4 Å². The minimum atomic E-state index is 1.16. The van der Waals surface area contributed by atoms with Crippen molar-refractivity contribution in [2.45, 2.75) is 0 Å². The predicted octanol–water partition coefficient (Wildman–Crippen LogP) is 12.9. The fourth-order valence-electron chi connectivity index (χ4n) is 7.97. The van der Waals surface area contributed by atoms with E-state index >= 15 is 0 Å². The molecule has 0 amide bonds. The molecule has 2 nitrogen and oxygen atoms in total. The summed E-state index contributed by atoms with van der Waals surface area (Å²) >= 11 is 0. The number of benzene rings is 8. The summed E-state index contributed by atoms with van der Waals surface area (Å²) in [5.74, 6) is 0. The Bertz CT molecular complexity index is 2840. The summed E-state index contributed by atoms with van der Waals surface area (Å²) in [5.41, 5.74) is 14.4. The molecular formula is C48H32N2. The molecule has 10 rings (SSSR count). The molecule has 0 aliphatic carbocycles. The monoisotopic (exact) mass is 636 g/mol. The van der Waals surface area contributed by atoms with Gasteiger partial charge in [-0.05, 0) is 58.7 Å². The predicted molar refractivity (Wildman–Crippen MR) is 211 cm³/mol. The number of nitrogens with zero attached hydrogens (tertiary/aromatic N) is 2. The Kier molecular flexibility index (Phi) is 6.53. The third-order valence-corrected chi connectivity index (χ3v) is 10.1. The van der Waals surface area contributed by atoms with E-state index in [9.17, 15) is 0 Å². The van der Waals surface area contributed by atoms with E-state index < -0.39 is 0 Å². The smallest absolute Gasteiger partial charge is 0.0619 e. The van der Waals surface area contributed by atoms with Crippen molar-refractivity contribution in [2.24, 2.45) is 0 Å². The molecule has 234 valence electrons. The molecule has 2 aromatic heterocycles. The molecule has 0 bridgehead atoms. The minimum absolute atomic E-state index is 1.16. The van der Waals surface area contributed by atoms with Gasteiger partial charge in [0, 0.05) is 38.4 Å². The number of fused-ring (bicyclic) bond motifs is 6. The number of aromatic nitrogens is 2. The van der Waals surface area contributed by atoms with Crippen molar-refractivity contribution in [3.8, 4) is 44.8 Å². The van der Waals surface area contributed by atoms with Gasteiger partial charge in [-0.3, -0.25) is 0 Å². The van der Waals surface area contributed by atoms with Gasteiger partial charge in [-0.2, -0.15) is 0 Å². The van der Waals surface area contributed by atoms with Crippen molar-refractivity contribution in [3.05, 3.63) is 194 Å². The van der Waals surface area contributed by atoms with Crippen LogP contribution in [0.1, 0.15) is 0 Å². The topological polar surface area (TPSA) is 9.86 Å². The summed E-state index contributed by atoms with van der Waals surface area (Å²) in [6.45, 7) is 0. The maximum absolute atomic E-state index is 2.48. The first kappa shape index (κ1) is 28.4. The second kappa shape index (κ2) is 11.5. The summed E-state index contributed by atoms with van der Waals surface area (Å²) in [6.07, 6.45) is 0. The van der Waals surface area contributed by atoms with Crippen LogP contribution in [0, 0.1) is 0 Å². The molecule has 0 radical (unpaired) electrons. The lowest BCUT2D eigenvalue weighted by Gasteiger charge is -2.17. The van der Waals surface area contributed by atoms with Crippen LogP contribution in [0.3, 0.4) is 0 Å². The lowest BCUT2D eigenvalue weighted by Crippen LogP contribution is -1.98. The largest absolute Gasteiger partial charge is 0.309 e. The first-order valence-electron chi connectivity index (χ1n) is 17.2. The third kappa shape index (κ3) is 4.36. The Labute approximate surface area is 290 Å². The highest BCUT2D eigenvalue weighted by atomic mass is 15.0. The van der Waals surface area contributed by atoms with E-state index in [-0.39, 0.29) is 0 Å². The quantitative estimate of drug-likeness (QED) is 0.178. The zero-order chi connectivity index (χ0) is 33.0. The van der Waals surface area contributed by atoms with Gasteiger partial charge in [0.25, 0.3) is 0 Å². The van der Waals surface area contributed by atoms with E-state index in [1.54, 1.807) is 0 Å². The van der Waals surface area contributed by atoms with Crippen molar-refractivity contribution in [3.63, 3.8) is 0 Å². The highest BCUT2D eigenvalue weighted by Gasteiger charge is 2.22. The van der Waals surface area contributed by atoms with Crippen LogP contribution in [-0.2, 0) is 0 Å². The van der Waals surface area contributed by atoms with Gasteiger partial charge in [0.2, 0.25) is 0 Å². The van der Waals surface area contributed by atoms with E-state index in [0.717, 1.165) is 11.4 Å². The molecule has 50 heavy (non-hydrogen) atoms. The summed E-state index contributed by atoms with van der Waals surface area (Å²) in [5, 5.41) is 5.00. The minimum Gasteiger partial charge on any atom is -0.309 e. The SMILES string of the molecule is c1ccc(-c2ccc(-c3ccccc3)c(-n3c4ccccc4c4c(-c5cccc6c7ccccc7n(-c7ccccc7)c56)cccc43)c2)cc1. The first-order chi connectivity index (χ1) is 24.8. The second-order valence-corrected chi connectivity index (χ2v) is 12.9. The Balaban J connectivity index is 1.32. The van der Waals surface area contributed by atoms with Crippen LogP contribution in [0.5, 0.6) is 0 Å². The van der Waals surface area contributed by atoms with Crippen LogP contribution in [0.15, 0.2) is 194 Å². The fraction of sp³-hybridized carbons (Fsp3) is 0. The number of rotatable bonds is 5. The van der Waals surface area contributed by atoms with Crippen LogP contribution in [-0.4, -0.2) is 9.13 Å². The first-order valence-corrected chi connectivity index (χ1v) is 17.2. The van der Waals surface area contributed by atoms with Gasteiger partial charge in [0.05, 0.1) is 27.8 Å². The van der Waals surface area contributed by atoms with Gasteiger partial charge in [0.15, 0.2) is 0 Å². The van der Waals surface area contributed by atoms with Gasteiger partial charge >= 0.3 is 0 Å². The molecule has 0 unspecified atom stereocenters. The van der Waals surface area contributed by atoms with Gasteiger partial charge in [-0.25, -0.2) is 0 Å². The van der Waals surface area contributed by atoms with E-state index in [0.29, 0.717) is 0 Å². The van der Waals surface area contributed by atoms with Crippen molar-refractivity contribution in [1.29, 1.82) is 0 Å². The zero-order valence-corrected chi connectivity index (χ0v) is 27.4. The summed E-state index contributed by atoms with van der Waals surface area (Å²) in [6, 6.07) is 70.4. The van der Waals surface area contributed by atoms with Crippen molar-refractivity contribution < 1.29 is 0 Å².